The molecule has 1 unspecified atom stereocenters. The Hall–Kier alpha value is -1.35. The minimum atomic E-state index is -0.197. The van der Waals surface area contributed by atoms with E-state index in [1.165, 1.54) is 38.5 Å². The van der Waals surface area contributed by atoms with E-state index in [1.54, 1.807) is 4.90 Å². The van der Waals surface area contributed by atoms with Crippen molar-refractivity contribution in [3.63, 3.8) is 0 Å². The van der Waals surface area contributed by atoms with Gasteiger partial charge in [-0.05, 0) is 85.8 Å². The van der Waals surface area contributed by atoms with Crippen molar-refractivity contribution in [3.8, 4) is 0 Å². The van der Waals surface area contributed by atoms with E-state index in [1.807, 2.05) is 24.3 Å². The first-order chi connectivity index (χ1) is 12.5. The molecule has 0 aromatic heterocycles. The third-order valence-electron chi connectivity index (χ3n) is 7.39. The van der Waals surface area contributed by atoms with Crippen LogP contribution in [0.2, 0.25) is 5.02 Å². The van der Waals surface area contributed by atoms with Crippen LogP contribution >= 0.6 is 11.6 Å². The van der Waals surface area contributed by atoms with Crippen LogP contribution in [0.25, 0.3) is 0 Å². The fourth-order valence-corrected chi connectivity index (χ4v) is 6.93. The number of rotatable bonds is 4. The van der Waals surface area contributed by atoms with Gasteiger partial charge in [-0.2, -0.15) is 0 Å². The van der Waals surface area contributed by atoms with Crippen molar-refractivity contribution < 1.29 is 9.59 Å². The molecular formula is C22H26ClNO2. The molecule has 138 valence electrons. The summed E-state index contributed by atoms with van der Waals surface area (Å²) >= 11 is 5.95. The van der Waals surface area contributed by atoms with Crippen molar-refractivity contribution in [1.29, 1.82) is 0 Å². The van der Waals surface area contributed by atoms with Crippen LogP contribution in [-0.2, 0) is 16.0 Å². The summed E-state index contributed by atoms with van der Waals surface area (Å²) in [5.74, 6) is 2.44. The van der Waals surface area contributed by atoms with Crippen LogP contribution in [-0.4, -0.2) is 23.3 Å². The lowest BCUT2D eigenvalue weighted by Crippen LogP contribution is -2.52. The Bertz CT molecular complexity index is 706. The highest BCUT2D eigenvalue weighted by Gasteiger charge is 2.53. The number of hydrogen-bond donors (Lipinski definition) is 0. The molecule has 0 N–H and O–H groups in total. The molecular weight excluding hydrogens is 346 g/mol. The normalized spacial score (nSPS) is 38.4. The standard InChI is InChI=1S/C22H26ClNO2/c23-19-3-1-14(2-4-19)8-18-9-20(25)24(21(18)26)13-22-10-15-5-16(11-22)7-17(6-15)12-22/h1-4,15-18H,5-13H2. The highest BCUT2D eigenvalue weighted by molar-refractivity contribution is 6.30. The average Bonchev–Trinajstić information content (AvgIpc) is 2.83. The van der Waals surface area contributed by atoms with Crippen LogP contribution in [0.3, 0.4) is 0 Å². The van der Waals surface area contributed by atoms with Crippen LogP contribution < -0.4 is 0 Å². The summed E-state index contributed by atoms with van der Waals surface area (Å²) in [5.41, 5.74) is 1.31. The van der Waals surface area contributed by atoms with Gasteiger partial charge in [0.15, 0.2) is 0 Å². The van der Waals surface area contributed by atoms with Gasteiger partial charge in [0.1, 0.15) is 0 Å². The quantitative estimate of drug-likeness (QED) is 0.732. The number of benzene rings is 1. The smallest absolute Gasteiger partial charge is 0.233 e. The second kappa shape index (κ2) is 6.09. The Morgan fingerprint density at radius 1 is 0.962 bits per heavy atom. The van der Waals surface area contributed by atoms with Crippen LogP contribution in [0.4, 0.5) is 0 Å². The van der Waals surface area contributed by atoms with Crippen molar-refractivity contribution in [2.75, 3.05) is 6.54 Å². The Balaban J connectivity index is 1.30. The van der Waals surface area contributed by atoms with E-state index in [4.69, 9.17) is 11.6 Å². The lowest BCUT2D eigenvalue weighted by molar-refractivity contribution is -0.145. The maximum Gasteiger partial charge on any atom is 0.233 e. The molecule has 26 heavy (non-hydrogen) atoms. The molecule has 1 aromatic carbocycles. The van der Waals surface area contributed by atoms with Gasteiger partial charge in [-0.25, -0.2) is 0 Å². The summed E-state index contributed by atoms with van der Waals surface area (Å²) in [4.78, 5) is 27.3. The molecule has 2 amide bonds. The van der Waals surface area contributed by atoms with E-state index < -0.39 is 0 Å². The lowest BCUT2D eigenvalue weighted by Gasteiger charge is -2.57. The second-order valence-corrected chi connectivity index (χ2v) is 9.90. The van der Waals surface area contributed by atoms with E-state index in [2.05, 4.69) is 0 Å². The average molecular weight is 372 g/mol. The second-order valence-electron chi connectivity index (χ2n) is 9.47. The molecule has 1 aromatic rings. The Morgan fingerprint density at radius 2 is 1.54 bits per heavy atom. The summed E-state index contributed by atoms with van der Waals surface area (Å²) in [6.07, 6.45) is 8.88. The van der Waals surface area contributed by atoms with Crippen LogP contribution in [0.15, 0.2) is 24.3 Å². The number of hydrogen-bond acceptors (Lipinski definition) is 2. The lowest BCUT2D eigenvalue weighted by atomic mass is 9.49. The van der Waals surface area contributed by atoms with Crippen LogP contribution in [0.1, 0.15) is 50.5 Å². The minimum Gasteiger partial charge on any atom is -0.282 e. The van der Waals surface area contributed by atoms with E-state index in [9.17, 15) is 9.59 Å². The van der Waals surface area contributed by atoms with Gasteiger partial charge >= 0.3 is 0 Å². The summed E-state index contributed by atoms with van der Waals surface area (Å²) in [6, 6.07) is 7.63. The highest BCUT2D eigenvalue weighted by atomic mass is 35.5. The molecule has 4 bridgehead atoms. The van der Waals surface area contributed by atoms with Gasteiger partial charge in [-0.3, -0.25) is 14.5 Å². The first-order valence-corrected chi connectivity index (χ1v) is 10.5. The molecule has 0 radical (unpaired) electrons. The van der Waals surface area contributed by atoms with Gasteiger partial charge in [-0.15, -0.1) is 0 Å². The maximum atomic E-state index is 13.0. The summed E-state index contributed by atoms with van der Waals surface area (Å²) in [7, 11) is 0. The zero-order valence-electron chi connectivity index (χ0n) is 15.1. The van der Waals surface area contributed by atoms with E-state index in [-0.39, 0.29) is 23.1 Å². The Morgan fingerprint density at radius 3 is 2.12 bits per heavy atom. The minimum absolute atomic E-state index is 0.0460. The monoisotopic (exact) mass is 371 g/mol. The van der Waals surface area contributed by atoms with Crippen molar-refractivity contribution in [3.05, 3.63) is 34.9 Å². The number of nitrogens with zero attached hydrogens (tertiary/aromatic N) is 1. The number of amides is 2. The molecule has 4 heteroatoms. The number of carbonyl (C=O) groups is 2. The largest absolute Gasteiger partial charge is 0.282 e. The molecule has 1 aliphatic heterocycles. The van der Waals surface area contributed by atoms with Gasteiger partial charge in [0, 0.05) is 18.0 Å². The predicted octanol–water partition coefficient (Wildman–Crippen LogP) is 4.47. The van der Waals surface area contributed by atoms with Gasteiger partial charge in [0.05, 0.1) is 5.92 Å². The highest BCUT2D eigenvalue weighted by Crippen LogP contribution is 2.60. The maximum absolute atomic E-state index is 13.0. The third-order valence-corrected chi connectivity index (χ3v) is 7.64. The van der Waals surface area contributed by atoms with Gasteiger partial charge in [-0.1, -0.05) is 23.7 Å². The molecule has 5 fully saturated rings. The zero-order chi connectivity index (χ0) is 17.9. The SMILES string of the molecule is O=C1CC(Cc2ccc(Cl)cc2)C(=O)N1CC12CC3CC(CC(C3)C1)C2. The molecule has 3 nitrogen and oxygen atoms in total. The van der Waals surface area contributed by atoms with Gasteiger partial charge in [0.25, 0.3) is 0 Å². The van der Waals surface area contributed by atoms with E-state index in [0.717, 1.165) is 23.3 Å². The Labute approximate surface area is 160 Å². The fourth-order valence-electron chi connectivity index (χ4n) is 6.80. The molecule has 6 rings (SSSR count). The van der Waals surface area contributed by atoms with Gasteiger partial charge in [0.2, 0.25) is 11.8 Å². The zero-order valence-corrected chi connectivity index (χ0v) is 15.9. The van der Waals surface area contributed by atoms with Crippen molar-refractivity contribution in [2.24, 2.45) is 29.1 Å². The molecule has 1 saturated heterocycles. The summed E-state index contributed by atoms with van der Waals surface area (Å²) in [6.45, 7) is 0.686. The summed E-state index contributed by atoms with van der Waals surface area (Å²) < 4.78 is 0. The topological polar surface area (TPSA) is 37.4 Å². The van der Waals surface area contributed by atoms with Crippen molar-refractivity contribution in [1.82, 2.24) is 4.90 Å². The number of imide groups is 1. The number of carbonyl (C=O) groups excluding carboxylic acids is 2. The van der Waals surface area contributed by atoms with Crippen LogP contribution in [0.5, 0.6) is 0 Å². The van der Waals surface area contributed by atoms with E-state index in [0.29, 0.717) is 24.4 Å². The molecule has 1 atom stereocenters. The van der Waals surface area contributed by atoms with Crippen molar-refractivity contribution in [2.45, 2.75) is 51.4 Å². The van der Waals surface area contributed by atoms with Crippen LogP contribution in [0, 0.1) is 29.1 Å². The predicted molar refractivity (Wildman–Crippen MR) is 101 cm³/mol. The molecule has 5 aliphatic rings. The first kappa shape index (κ1) is 16.8. The number of halogens is 1. The summed E-state index contributed by atoms with van der Waals surface area (Å²) in [5, 5.41) is 0.700. The number of likely N-dealkylation sites (tertiary alicyclic amines) is 1. The third kappa shape index (κ3) is 2.89. The van der Waals surface area contributed by atoms with Gasteiger partial charge < -0.3 is 0 Å². The fraction of sp³-hybridized carbons (Fsp3) is 0.636. The first-order valence-electron chi connectivity index (χ1n) is 10.1. The van der Waals surface area contributed by atoms with E-state index >= 15 is 0 Å². The molecule has 0 spiro atoms. The molecule has 1 heterocycles. The molecule has 4 aliphatic carbocycles. The van der Waals surface area contributed by atoms with Crippen molar-refractivity contribution >= 4 is 23.4 Å². The Kier molecular flexibility index (Phi) is 3.93. The molecule has 4 saturated carbocycles.